The number of anilines is 1. The Labute approximate surface area is 119 Å². The fourth-order valence-corrected chi connectivity index (χ4v) is 2.72. The monoisotopic (exact) mass is 266 g/mol. The van der Waals surface area contributed by atoms with Crippen LogP contribution < -0.4 is 10.6 Å². The summed E-state index contributed by atoms with van der Waals surface area (Å²) >= 11 is 0. The highest BCUT2D eigenvalue weighted by Gasteiger charge is 2.21. The number of carbonyl (C=O) groups excluding carboxylic acids is 1. The molecule has 0 saturated carbocycles. The molecule has 1 atom stereocenters. The number of hydrogen-bond acceptors (Lipinski definition) is 2. The van der Waals surface area contributed by atoms with E-state index in [1.165, 1.54) is 5.56 Å². The Kier molecular flexibility index (Phi) is 3.28. The van der Waals surface area contributed by atoms with Gasteiger partial charge in [0.1, 0.15) is 0 Å². The molecule has 20 heavy (non-hydrogen) atoms. The molecular formula is C17H18N2O. The predicted octanol–water partition coefficient (Wildman–Crippen LogP) is 2.64. The number of nitrogens with two attached hydrogens (primary N) is 1. The van der Waals surface area contributed by atoms with Crippen molar-refractivity contribution < 1.29 is 4.79 Å². The fourth-order valence-electron chi connectivity index (χ4n) is 2.72. The van der Waals surface area contributed by atoms with Gasteiger partial charge in [-0.25, -0.2) is 0 Å². The van der Waals surface area contributed by atoms with Gasteiger partial charge >= 0.3 is 0 Å². The Hall–Kier alpha value is -2.13. The average molecular weight is 266 g/mol. The van der Waals surface area contributed by atoms with Crippen molar-refractivity contribution in [3.8, 4) is 0 Å². The van der Waals surface area contributed by atoms with Crippen LogP contribution in [0.15, 0.2) is 48.5 Å². The van der Waals surface area contributed by atoms with Crippen LogP contribution in [-0.2, 0) is 11.2 Å². The van der Waals surface area contributed by atoms with Crippen molar-refractivity contribution in [1.29, 1.82) is 0 Å². The van der Waals surface area contributed by atoms with Gasteiger partial charge in [-0.1, -0.05) is 42.5 Å². The van der Waals surface area contributed by atoms with E-state index in [0.29, 0.717) is 6.42 Å². The van der Waals surface area contributed by atoms with Crippen molar-refractivity contribution in [1.82, 2.24) is 0 Å². The molecule has 1 aliphatic heterocycles. The van der Waals surface area contributed by atoms with Gasteiger partial charge < -0.3 is 10.6 Å². The number of rotatable bonds is 2. The quantitative estimate of drug-likeness (QED) is 0.908. The molecule has 2 aromatic carbocycles. The lowest BCUT2D eigenvalue weighted by Crippen LogP contribution is -2.31. The molecule has 1 unspecified atom stereocenters. The summed E-state index contributed by atoms with van der Waals surface area (Å²) in [6.45, 7) is 0. The zero-order valence-electron chi connectivity index (χ0n) is 11.5. The number of aryl methyl sites for hydroxylation is 1. The molecule has 0 spiro atoms. The Bertz CT molecular complexity index is 637. The van der Waals surface area contributed by atoms with Crippen LogP contribution in [0.5, 0.6) is 0 Å². The van der Waals surface area contributed by atoms with Crippen LogP contribution in [0.3, 0.4) is 0 Å². The van der Waals surface area contributed by atoms with Gasteiger partial charge in [0.2, 0.25) is 5.91 Å². The third kappa shape index (κ3) is 2.21. The van der Waals surface area contributed by atoms with Crippen molar-refractivity contribution in [3.63, 3.8) is 0 Å². The lowest BCUT2D eigenvalue weighted by Gasteiger charge is -2.27. The summed E-state index contributed by atoms with van der Waals surface area (Å²) in [6, 6.07) is 16.1. The zero-order chi connectivity index (χ0) is 14.1. The van der Waals surface area contributed by atoms with E-state index in [0.717, 1.165) is 23.2 Å². The molecule has 0 saturated heterocycles. The van der Waals surface area contributed by atoms with Gasteiger partial charge in [-0.15, -0.1) is 0 Å². The molecule has 0 bridgehead atoms. The maximum Gasteiger partial charge on any atom is 0.227 e. The molecule has 2 aromatic rings. The minimum atomic E-state index is -0.121. The van der Waals surface area contributed by atoms with Crippen LogP contribution >= 0.6 is 0 Å². The molecule has 0 aromatic heterocycles. The van der Waals surface area contributed by atoms with E-state index in [2.05, 4.69) is 6.07 Å². The van der Waals surface area contributed by atoms with Gasteiger partial charge in [0.25, 0.3) is 0 Å². The lowest BCUT2D eigenvalue weighted by atomic mass is 9.94. The summed E-state index contributed by atoms with van der Waals surface area (Å²) in [5, 5.41) is 0. The molecular weight excluding hydrogens is 248 g/mol. The fraction of sp³-hybridized carbons (Fsp3) is 0.235. The topological polar surface area (TPSA) is 46.3 Å². The first kappa shape index (κ1) is 12.9. The second kappa shape index (κ2) is 5.10. The van der Waals surface area contributed by atoms with E-state index < -0.39 is 0 Å². The van der Waals surface area contributed by atoms with Gasteiger partial charge in [0, 0.05) is 19.2 Å². The van der Waals surface area contributed by atoms with Crippen LogP contribution in [0.2, 0.25) is 0 Å². The van der Waals surface area contributed by atoms with Crippen molar-refractivity contribution in [2.75, 3.05) is 11.9 Å². The number of carbonyl (C=O) groups is 1. The van der Waals surface area contributed by atoms with E-state index in [1.807, 2.05) is 49.5 Å². The molecule has 0 radical (unpaired) electrons. The van der Waals surface area contributed by atoms with Crippen LogP contribution in [0.25, 0.3) is 0 Å². The van der Waals surface area contributed by atoms with E-state index in [4.69, 9.17) is 5.73 Å². The minimum absolute atomic E-state index is 0.121. The van der Waals surface area contributed by atoms with Gasteiger partial charge in [0.15, 0.2) is 0 Å². The first-order valence-electron chi connectivity index (χ1n) is 6.87. The number of nitrogens with zero attached hydrogens (tertiary/aromatic N) is 1. The molecule has 102 valence electrons. The first-order chi connectivity index (χ1) is 9.66. The largest absolute Gasteiger partial charge is 0.320 e. The van der Waals surface area contributed by atoms with Crippen molar-refractivity contribution in [3.05, 3.63) is 65.2 Å². The van der Waals surface area contributed by atoms with Gasteiger partial charge in [-0.05, 0) is 29.2 Å². The maximum absolute atomic E-state index is 11.7. The number of amides is 1. The molecule has 0 fully saturated rings. The van der Waals surface area contributed by atoms with Gasteiger partial charge in [-0.2, -0.15) is 0 Å². The summed E-state index contributed by atoms with van der Waals surface area (Å²) in [5.74, 6) is 0.178. The standard InChI is InChI=1S/C17H18N2O/c1-19-15-9-7-14(11-13(15)8-10-16(19)20)17(18)12-5-3-2-4-6-12/h2-7,9,11,17H,8,10,18H2,1H3. The summed E-state index contributed by atoms with van der Waals surface area (Å²) in [6.07, 6.45) is 1.38. The third-order valence-electron chi connectivity index (χ3n) is 3.97. The Morgan fingerprint density at radius 3 is 2.55 bits per heavy atom. The van der Waals surface area contributed by atoms with Crippen molar-refractivity contribution in [2.24, 2.45) is 5.73 Å². The van der Waals surface area contributed by atoms with Crippen LogP contribution in [-0.4, -0.2) is 13.0 Å². The molecule has 1 heterocycles. The van der Waals surface area contributed by atoms with E-state index in [1.54, 1.807) is 4.90 Å². The molecule has 2 N–H and O–H groups in total. The molecule has 3 heteroatoms. The Balaban J connectivity index is 1.95. The maximum atomic E-state index is 11.7. The van der Waals surface area contributed by atoms with E-state index in [-0.39, 0.29) is 11.9 Å². The average Bonchev–Trinajstić information content (AvgIpc) is 2.51. The Morgan fingerprint density at radius 2 is 1.80 bits per heavy atom. The Morgan fingerprint density at radius 1 is 1.05 bits per heavy atom. The number of fused-ring (bicyclic) bond motifs is 1. The van der Waals surface area contributed by atoms with Crippen LogP contribution in [0, 0.1) is 0 Å². The second-order valence-electron chi connectivity index (χ2n) is 5.23. The van der Waals surface area contributed by atoms with E-state index >= 15 is 0 Å². The zero-order valence-corrected chi connectivity index (χ0v) is 11.5. The highest BCUT2D eigenvalue weighted by atomic mass is 16.2. The summed E-state index contributed by atoms with van der Waals surface area (Å²) in [7, 11) is 1.83. The predicted molar refractivity (Wildman–Crippen MR) is 80.6 cm³/mol. The van der Waals surface area contributed by atoms with Crippen LogP contribution in [0.1, 0.15) is 29.2 Å². The normalized spacial score (nSPS) is 15.9. The molecule has 3 nitrogen and oxygen atoms in total. The summed E-state index contributed by atoms with van der Waals surface area (Å²) < 4.78 is 0. The SMILES string of the molecule is CN1C(=O)CCc2cc(C(N)c3ccccc3)ccc21. The smallest absolute Gasteiger partial charge is 0.227 e. The first-order valence-corrected chi connectivity index (χ1v) is 6.87. The lowest BCUT2D eigenvalue weighted by molar-refractivity contribution is -0.118. The highest BCUT2D eigenvalue weighted by Crippen LogP contribution is 2.30. The molecule has 3 rings (SSSR count). The van der Waals surface area contributed by atoms with Crippen molar-refractivity contribution in [2.45, 2.75) is 18.9 Å². The minimum Gasteiger partial charge on any atom is -0.320 e. The van der Waals surface area contributed by atoms with Crippen LogP contribution in [0.4, 0.5) is 5.69 Å². The van der Waals surface area contributed by atoms with Gasteiger partial charge in [-0.3, -0.25) is 4.79 Å². The summed E-state index contributed by atoms with van der Waals surface area (Å²) in [5.41, 5.74) is 10.7. The highest BCUT2D eigenvalue weighted by molar-refractivity contribution is 5.95. The van der Waals surface area contributed by atoms with Gasteiger partial charge in [0.05, 0.1) is 6.04 Å². The number of hydrogen-bond donors (Lipinski definition) is 1. The third-order valence-corrected chi connectivity index (χ3v) is 3.97. The second-order valence-corrected chi connectivity index (χ2v) is 5.23. The summed E-state index contributed by atoms with van der Waals surface area (Å²) in [4.78, 5) is 13.4. The molecule has 1 amide bonds. The van der Waals surface area contributed by atoms with E-state index in [9.17, 15) is 4.79 Å². The molecule has 0 aliphatic carbocycles. The number of benzene rings is 2. The van der Waals surface area contributed by atoms with Crippen molar-refractivity contribution >= 4 is 11.6 Å². The molecule has 1 aliphatic rings.